The minimum atomic E-state index is 0.0932. The number of fused-ring (bicyclic) bond motifs is 2. The Morgan fingerprint density at radius 1 is 0.690 bits per heavy atom. The van der Waals surface area contributed by atoms with Crippen LogP contribution in [0.25, 0.3) is 27.5 Å². The molecule has 0 radical (unpaired) electrons. The second-order valence-corrected chi connectivity index (χ2v) is 9.41. The zero-order valence-corrected chi connectivity index (χ0v) is 18.5. The lowest BCUT2D eigenvalue weighted by Gasteiger charge is -2.25. The van der Waals surface area contributed by atoms with E-state index in [-0.39, 0.29) is 10.8 Å². The maximum Gasteiger partial charge on any atom is 0.197 e. The molecule has 1 aromatic heterocycles. The van der Waals surface area contributed by atoms with Crippen molar-refractivity contribution in [3.05, 3.63) is 86.6 Å². The Morgan fingerprint density at radius 2 is 1.14 bits per heavy atom. The Labute approximate surface area is 172 Å². The van der Waals surface area contributed by atoms with Gasteiger partial charge in [-0.25, -0.2) is 0 Å². The Balaban J connectivity index is 2.22. The third kappa shape index (κ3) is 3.17. The number of nitrogens with zero attached hydrogens (tertiary/aromatic N) is 1. The van der Waals surface area contributed by atoms with Crippen LogP contribution in [-0.2, 0) is 5.41 Å². The summed E-state index contributed by atoms with van der Waals surface area (Å²) in [4.78, 5) is 13.3. The van der Waals surface area contributed by atoms with E-state index in [1.165, 1.54) is 22.4 Å². The fourth-order valence-corrected chi connectivity index (χ4v) is 4.31. The van der Waals surface area contributed by atoms with Crippen LogP contribution in [0.2, 0.25) is 0 Å². The van der Waals surface area contributed by atoms with Crippen LogP contribution in [0.5, 0.6) is 0 Å². The number of hydrogen-bond donors (Lipinski definition) is 0. The molecule has 1 heterocycles. The first-order valence-electron chi connectivity index (χ1n) is 10.3. The van der Waals surface area contributed by atoms with Crippen molar-refractivity contribution in [3.63, 3.8) is 0 Å². The Kier molecular flexibility index (Phi) is 4.42. The number of aromatic nitrogens is 1. The van der Waals surface area contributed by atoms with Crippen LogP contribution in [-0.4, -0.2) is 4.57 Å². The normalized spacial score (nSPS) is 12.1. The van der Waals surface area contributed by atoms with E-state index in [2.05, 4.69) is 75.6 Å². The van der Waals surface area contributed by atoms with E-state index in [1.54, 1.807) is 0 Å². The molecule has 0 aliphatic carbocycles. The smallest absolute Gasteiger partial charge is 0.197 e. The lowest BCUT2D eigenvalue weighted by molar-refractivity contribution is 0.589. The van der Waals surface area contributed by atoms with E-state index in [9.17, 15) is 4.79 Å². The van der Waals surface area contributed by atoms with E-state index in [4.69, 9.17) is 0 Å². The zero-order chi connectivity index (χ0) is 21.1. The van der Waals surface area contributed by atoms with Gasteiger partial charge >= 0.3 is 0 Å². The summed E-state index contributed by atoms with van der Waals surface area (Å²) in [6.07, 6.45) is 0. The zero-order valence-electron chi connectivity index (χ0n) is 18.5. The molecule has 2 nitrogen and oxygen atoms in total. The van der Waals surface area contributed by atoms with Crippen LogP contribution in [0.4, 0.5) is 0 Å². The maximum atomic E-state index is 13.3. The van der Waals surface area contributed by atoms with Crippen molar-refractivity contribution in [1.29, 1.82) is 0 Å². The first-order valence-corrected chi connectivity index (χ1v) is 10.3. The van der Waals surface area contributed by atoms with E-state index in [0.717, 1.165) is 32.9 Å². The third-order valence-corrected chi connectivity index (χ3v) is 5.86. The van der Waals surface area contributed by atoms with Crippen LogP contribution in [0.1, 0.15) is 48.6 Å². The van der Waals surface area contributed by atoms with Gasteiger partial charge in [-0.15, -0.1) is 0 Å². The lowest BCUT2D eigenvalue weighted by atomic mass is 9.84. The summed E-state index contributed by atoms with van der Waals surface area (Å²) in [5.41, 5.74) is 9.28. The number of rotatable bonds is 1. The summed E-state index contributed by atoms with van der Waals surface area (Å²) in [5.74, 6) is 0. The second-order valence-electron chi connectivity index (χ2n) is 9.41. The van der Waals surface area contributed by atoms with Gasteiger partial charge in [0.05, 0.1) is 16.7 Å². The van der Waals surface area contributed by atoms with Gasteiger partial charge in [-0.05, 0) is 74.1 Å². The second kappa shape index (κ2) is 6.59. The first kappa shape index (κ1) is 19.4. The fraction of sp³-hybridized carbons (Fsp3) is 0.296. The van der Waals surface area contributed by atoms with Gasteiger partial charge < -0.3 is 4.57 Å². The van der Waals surface area contributed by atoms with Gasteiger partial charge in [-0.2, -0.15) is 0 Å². The van der Waals surface area contributed by atoms with Crippen molar-refractivity contribution >= 4 is 21.8 Å². The maximum absolute atomic E-state index is 13.3. The molecule has 148 valence electrons. The molecule has 0 atom stereocenters. The Morgan fingerprint density at radius 3 is 1.55 bits per heavy atom. The van der Waals surface area contributed by atoms with Gasteiger partial charge in [0.15, 0.2) is 5.43 Å². The summed E-state index contributed by atoms with van der Waals surface area (Å²) in [6.45, 7) is 15.2. The average Bonchev–Trinajstić information content (AvgIpc) is 2.63. The highest BCUT2D eigenvalue weighted by Gasteiger charge is 2.19. The van der Waals surface area contributed by atoms with E-state index >= 15 is 0 Å². The van der Waals surface area contributed by atoms with Gasteiger partial charge in [0.25, 0.3) is 0 Å². The van der Waals surface area contributed by atoms with Crippen LogP contribution < -0.4 is 5.43 Å². The summed E-state index contributed by atoms with van der Waals surface area (Å²) in [7, 11) is 0. The number of benzene rings is 3. The van der Waals surface area contributed by atoms with Gasteiger partial charge in [0.2, 0.25) is 0 Å². The highest BCUT2D eigenvalue weighted by Crippen LogP contribution is 2.32. The summed E-state index contributed by atoms with van der Waals surface area (Å²) in [5, 5.41) is 1.56. The predicted molar refractivity (Wildman–Crippen MR) is 125 cm³/mol. The number of hydrogen-bond acceptors (Lipinski definition) is 1. The molecule has 0 amide bonds. The van der Waals surface area contributed by atoms with Crippen molar-refractivity contribution in [2.75, 3.05) is 0 Å². The molecule has 0 aliphatic rings. The van der Waals surface area contributed by atoms with Crippen LogP contribution in [0.15, 0.2) is 53.3 Å². The minimum Gasteiger partial charge on any atom is -0.308 e. The first-order chi connectivity index (χ1) is 13.6. The van der Waals surface area contributed by atoms with E-state index in [1.807, 2.05) is 26.0 Å². The molecule has 0 fully saturated rings. The molecule has 0 spiro atoms. The monoisotopic (exact) mass is 383 g/mol. The summed E-state index contributed by atoms with van der Waals surface area (Å²) < 4.78 is 2.28. The van der Waals surface area contributed by atoms with Gasteiger partial charge in [-0.3, -0.25) is 4.79 Å². The molecule has 0 saturated carbocycles. The molecular weight excluding hydrogens is 354 g/mol. The number of aryl methyl sites for hydroxylation is 4. The summed E-state index contributed by atoms with van der Waals surface area (Å²) in [6, 6.07) is 17.0. The molecule has 3 aromatic carbocycles. The Hall–Kier alpha value is -2.87. The molecular formula is C27H29NO. The standard InChI is InChI=1S/C27H29NO/c1-16-8-10-23-21(12-16)26(29)22-13-17(2)9-11-24(22)28(23)25-18(3)14-20(15-19(25)4)27(5,6)7/h8-15H,1-7H3. The van der Waals surface area contributed by atoms with E-state index in [0.29, 0.717) is 0 Å². The van der Waals surface area contributed by atoms with Crippen molar-refractivity contribution in [2.24, 2.45) is 0 Å². The van der Waals surface area contributed by atoms with Crippen molar-refractivity contribution in [3.8, 4) is 5.69 Å². The predicted octanol–water partition coefficient (Wildman–Crippen LogP) is 6.68. The molecule has 0 saturated heterocycles. The van der Waals surface area contributed by atoms with Crippen molar-refractivity contribution in [1.82, 2.24) is 4.57 Å². The highest BCUT2D eigenvalue weighted by molar-refractivity contribution is 5.96. The molecule has 4 aromatic rings. The quantitative estimate of drug-likeness (QED) is 0.336. The molecule has 29 heavy (non-hydrogen) atoms. The molecule has 0 unspecified atom stereocenters. The average molecular weight is 384 g/mol. The fourth-order valence-electron chi connectivity index (χ4n) is 4.31. The van der Waals surface area contributed by atoms with Crippen LogP contribution in [0.3, 0.4) is 0 Å². The van der Waals surface area contributed by atoms with Gasteiger partial charge in [0.1, 0.15) is 0 Å². The van der Waals surface area contributed by atoms with Gasteiger partial charge in [0, 0.05) is 10.8 Å². The van der Waals surface area contributed by atoms with Crippen molar-refractivity contribution in [2.45, 2.75) is 53.9 Å². The van der Waals surface area contributed by atoms with Crippen LogP contribution >= 0.6 is 0 Å². The lowest BCUT2D eigenvalue weighted by Crippen LogP contribution is -2.15. The van der Waals surface area contributed by atoms with Crippen LogP contribution in [0, 0.1) is 27.7 Å². The van der Waals surface area contributed by atoms with E-state index < -0.39 is 0 Å². The molecule has 0 N–H and O–H groups in total. The summed E-state index contributed by atoms with van der Waals surface area (Å²) >= 11 is 0. The molecule has 0 bridgehead atoms. The van der Waals surface area contributed by atoms with Crippen molar-refractivity contribution < 1.29 is 0 Å². The van der Waals surface area contributed by atoms with Gasteiger partial charge in [-0.1, -0.05) is 56.2 Å². The highest BCUT2D eigenvalue weighted by atomic mass is 16.1. The number of pyridine rings is 1. The largest absolute Gasteiger partial charge is 0.308 e. The SMILES string of the molecule is Cc1ccc2c(c1)c(=O)c1cc(C)ccc1n2-c1c(C)cc(C(C)(C)C)cc1C. The third-order valence-electron chi connectivity index (χ3n) is 5.86. The Bertz CT molecular complexity index is 1240. The topological polar surface area (TPSA) is 22.0 Å². The molecule has 0 aliphatic heterocycles. The minimum absolute atomic E-state index is 0.0932. The molecule has 4 rings (SSSR count). The molecule has 2 heteroatoms.